The summed E-state index contributed by atoms with van der Waals surface area (Å²) < 4.78 is 6.76. The molecule has 166 valence electrons. The Morgan fingerprint density at radius 2 is 1.65 bits per heavy atom. The highest BCUT2D eigenvalue weighted by atomic mass is 35.5. The molecule has 0 aromatic heterocycles. The van der Waals surface area contributed by atoms with Crippen LogP contribution in [0, 0.1) is 0 Å². The first-order valence-corrected chi connectivity index (χ1v) is 11.1. The third kappa shape index (κ3) is 5.99. The molecule has 2 aromatic rings. The molecule has 3 rings (SSSR count). The minimum atomic E-state index is -1.09. The van der Waals surface area contributed by atoms with Crippen molar-refractivity contribution in [2.24, 2.45) is 0 Å². The van der Waals surface area contributed by atoms with Crippen molar-refractivity contribution in [2.45, 2.75) is 39.2 Å². The Labute approximate surface area is 189 Å². The van der Waals surface area contributed by atoms with Crippen molar-refractivity contribution < 1.29 is 18.8 Å². The molecule has 0 spiro atoms. The fourth-order valence-corrected chi connectivity index (χ4v) is 3.89. The Hall–Kier alpha value is -2.57. The van der Waals surface area contributed by atoms with Crippen LogP contribution in [0.1, 0.15) is 44.0 Å². The molecule has 0 saturated carbocycles. The van der Waals surface area contributed by atoms with Gasteiger partial charge in [-0.3, -0.25) is 9.59 Å². The molecule has 1 heterocycles. The van der Waals surface area contributed by atoms with E-state index < -0.39 is 5.60 Å². The number of nitrogens with one attached hydrogen (secondary N) is 2. The van der Waals surface area contributed by atoms with Crippen molar-refractivity contribution in [3.63, 3.8) is 0 Å². The fourth-order valence-electron chi connectivity index (χ4n) is 3.76. The highest BCUT2D eigenvalue weighted by Crippen LogP contribution is 2.22. The number of benzene rings is 2. The lowest BCUT2D eigenvalue weighted by Gasteiger charge is -2.32. The van der Waals surface area contributed by atoms with Crippen molar-refractivity contribution in [1.82, 2.24) is 5.32 Å². The molecule has 6 nitrogen and oxygen atoms in total. The lowest BCUT2D eigenvalue weighted by molar-refractivity contribution is -0.916. The van der Waals surface area contributed by atoms with Crippen LogP contribution < -0.4 is 15.4 Å². The van der Waals surface area contributed by atoms with Gasteiger partial charge in [0.2, 0.25) is 0 Å². The van der Waals surface area contributed by atoms with Gasteiger partial charge in [0.15, 0.2) is 12.3 Å². The minimum absolute atomic E-state index is 0.0953. The van der Waals surface area contributed by atoms with Gasteiger partial charge >= 0.3 is 0 Å². The van der Waals surface area contributed by atoms with E-state index in [4.69, 9.17) is 16.3 Å². The number of halogens is 1. The standard InChI is InChI=1S/C24H30ClN3O3/c1-4-28(15-5-6-16-28)17-26-22(29)18-7-11-20(12-8-18)27-23(30)24(2,3)31-21-13-9-19(25)10-14-21/h7-14H,4-6,15-17H2,1-3H3,(H-,26,27,29,30)/p+1. The molecule has 0 bridgehead atoms. The fraction of sp³-hybridized carbons (Fsp3) is 0.417. The first-order valence-electron chi connectivity index (χ1n) is 10.7. The van der Waals surface area contributed by atoms with Gasteiger partial charge in [-0.15, -0.1) is 0 Å². The summed E-state index contributed by atoms with van der Waals surface area (Å²) in [4.78, 5) is 25.2. The average molecular weight is 445 g/mol. The zero-order chi connectivity index (χ0) is 22.5. The second-order valence-corrected chi connectivity index (χ2v) is 9.01. The zero-order valence-electron chi connectivity index (χ0n) is 18.4. The van der Waals surface area contributed by atoms with Gasteiger partial charge in [-0.05, 0) is 69.3 Å². The van der Waals surface area contributed by atoms with Gasteiger partial charge in [-0.1, -0.05) is 11.6 Å². The van der Waals surface area contributed by atoms with Crippen molar-refractivity contribution in [3.8, 4) is 5.75 Å². The number of quaternary nitrogens is 1. The third-order valence-electron chi connectivity index (χ3n) is 5.90. The molecule has 0 radical (unpaired) electrons. The lowest BCUT2D eigenvalue weighted by atomic mass is 10.1. The molecule has 2 aromatic carbocycles. The first-order chi connectivity index (χ1) is 14.7. The summed E-state index contributed by atoms with van der Waals surface area (Å²) in [5, 5.41) is 6.51. The average Bonchev–Trinajstić information content (AvgIpc) is 3.23. The molecule has 1 fully saturated rings. The van der Waals surface area contributed by atoms with Gasteiger partial charge in [0, 0.05) is 29.1 Å². The van der Waals surface area contributed by atoms with Gasteiger partial charge in [-0.25, -0.2) is 0 Å². The first kappa shape index (κ1) is 23.1. The highest BCUT2D eigenvalue weighted by molar-refractivity contribution is 6.30. The van der Waals surface area contributed by atoms with Crippen LogP contribution >= 0.6 is 11.6 Å². The van der Waals surface area contributed by atoms with Crippen LogP contribution in [0.2, 0.25) is 5.02 Å². The number of carbonyl (C=O) groups excluding carboxylic acids is 2. The zero-order valence-corrected chi connectivity index (χ0v) is 19.2. The monoisotopic (exact) mass is 444 g/mol. The molecule has 0 unspecified atom stereocenters. The van der Waals surface area contributed by atoms with E-state index in [1.54, 1.807) is 62.4 Å². The molecule has 1 aliphatic heterocycles. The van der Waals surface area contributed by atoms with Crippen LogP contribution in [0.4, 0.5) is 5.69 Å². The minimum Gasteiger partial charge on any atom is -0.478 e. The number of likely N-dealkylation sites (tertiary alicyclic amines) is 1. The van der Waals surface area contributed by atoms with E-state index in [9.17, 15) is 9.59 Å². The summed E-state index contributed by atoms with van der Waals surface area (Å²) in [5.74, 6) is 0.173. The number of anilines is 1. The Morgan fingerprint density at radius 3 is 2.23 bits per heavy atom. The number of nitrogens with zero attached hydrogens (tertiary/aromatic N) is 1. The van der Waals surface area contributed by atoms with E-state index in [0.717, 1.165) is 24.1 Å². The Bertz CT molecular complexity index is 905. The summed E-state index contributed by atoms with van der Waals surface area (Å²) in [6, 6.07) is 13.8. The molecule has 7 heteroatoms. The molecular formula is C24H31ClN3O3+. The van der Waals surface area contributed by atoms with Crippen LogP contribution in [0.15, 0.2) is 48.5 Å². The predicted octanol–water partition coefficient (Wildman–Crippen LogP) is 4.45. The number of carbonyl (C=O) groups is 2. The van der Waals surface area contributed by atoms with Crippen molar-refractivity contribution in [3.05, 3.63) is 59.1 Å². The van der Waals surface area contributed by atoms with Gasteiger partial charge in [0.25, 0.3) is 11.8 Å². The summed E-state index contributed by atoms with van der Waals surface area (Å²) in [6.07, 6.45) is 2.44. The largest absolute Gasteiger partial charge is 0.478 e. The van der Waals surface area contributed by atoms with Gasteiger partial charge in [0.05, 0.1) is 19.6 Å². The maximum Gasteiger partial charge on any atom is 0.267 e. The van der Waals surface area contributed by atoms with Crippen molar-refractivity contribution >= 4 is 29.1 Å². The van der Waals surface area contributed by atoms with Crippen LogP contribution in [-0.4, -0.2) is 48.2 Å². The molecule has 31 heavy (non-hydrogen) atoms. The molecule has 1 aliphatic rings. The summed E-state index contributed by atoms with van der Waals surface area (Å²) in [7, 11) is 0. The summed E-state index contributed by atoms with van der Waals surface area (Å²) >= 11 is 5.89. The van der Waals surface area contributed by atoms with E-state index in [1.165, 1.54) is 12.8 Å². The number of ether oxygens (including phenoxy) is 1. The van der Waals surface area contributed by atoms with E-state index in [1.807, 2.05) is 0 Å². The van der Waals surface area contributed by atoms with Crippen LogP contribution in [0.25, 0.3) is 0 Å². The van der Waals surface area contributed by atoms with Crippen LogP contribution in [-0.2, 0) is 4.79 Å². The topological polar surface area (TPSA) is 67.4 Å². The molecule has 0 atom stereocenters. The highest BCUT2D eigenvalue weighted by Gasteiger charge is 2.31. The third-order valence-corrected chi connectivity index (χ3v) is 6.15. The predicted molar refractivity (Wildman–Crippen MR) is 123 cm³/mol. The normalized spacial score (nSPS) is 15.4. The van der Waals surface area contributed by atoms with Gasteiger partial charge in [-0.2, -0.15) is 0 Å². The number of hydrogen-bond acceptors (Lipinski definition) is 3. The molecular weight excluding hydrogens is 414 g/mol. The SMILES string of the molecule is CC[N+]1(CNC(=O)c2ccc(NC(=O)C(C)(C)Oc3ccc(Cl)cc3)cc2)CCCC1. The van der Waals surface area contributed by atoms with Crippen LogP contribution in [0.3, 0.4) is 0 Å². The molecule has 0 aliphatic carbocycles. The smallest absolute Gasteiger partial charge is 0.267 e. The maximum absolute atomic E-state index is 12.7. The number of amides is 2. The van der Waals surface area contributed by atoms with Gasteiger partial charge < -0.3 is 19.9 Å². The Kier molecular flexibility index (Phi) is 7.23. The van der Waals surface area contributed by atoms with E-state index in [0.29, 0.717) is 28.7 Å². The second kappa shape index (κ2) is 9.71. The molecule has 1 saturated heterocycles. The van der Waals surface area contributed by atoms with E-state index >= 15 is 0 Å². The molecule has 2 amide bonds. The lowest BCUT2D eigenvalue weighted by Crippen LogP contribution is -2.52. The van der Waals surface area contributed by atoms with Crippen molar-refractivity contribution in [1.29, 1.82) is 0 Å². The Balaban J connectivity index is 1.56. The van der Waals surface area contributed by atoms with Crippen molar-refractivity contribution in [2.75, 3.05) is 31.6 Å². The number of rotatable bonds is 8. The van der Waals surface area contributed by atoms with Crippen LogP contribution in [0.5, 0.6) is 5.75 Å². The van der Waals surface area contributed by atoms with E-state index in [-0.39, 0.29) is 11.8 Å². The van der Waals surface area contributed by atoms with Gasteiger partial charge in [0.1, 0.15) is 5.75 Å². The summed E-state index contributed by atoms with van der Waals surface area (Å²) in [6.45, 7) is 9.49. The number of hydrogen-bond donors (Lipinski definition) is 2. The van der Waals surface area contributed by atoms with E-state index in [2.05, 4.69) is 17.6 Å². The Morgan fingerprint density at radius 1 is 1.03 bits per heavy atom. The quantitative estimate of drug-likeness (QED) is 0.591. The maximum atomic E-state index is 12.7. The summed E-state index contributed by atoms with van der Waals surface area (Å²) in [5.41, 5.74) is 0.0893. The second-order valence-electron chi connectivity index (χ2n) is 8.57. The molecule has 2 N–H and O–H groups in total.